The maximum atomic E-state index is 4.42. The highest BCUT2D eigenvalue weighted by Crippen LogP contribution is 2.47. The Bertz CT molecular complexity index is 354. The molecule has 1 aromatic rings. The lowest BCUT2D eigenvalue weighted by molar-refractivity contribution is 0.236. The lowest BCUT2D eigenvalue weighted by Gasteiger charge is -2.30. The van der Waals surface area contributed by atoms with Gasteiger partial charge in [-0.3, -0.25) is 0 Å². The molecule has 96 valence electrons. The number of aromatic nitrogens is 2. The van der Waals surface area contributed by atoms with Gasteiger partial charge in [0.1, 0.15) is 5.82 Å². The molecule has 1 aliphatic carbocycles. The van der Waals surface area contributed by atoms with Crippen molar-refractivity contribution in [3.8, 4) is 0 Å². The van der Waals surface area contributed by atoms with Gasteiger partial charge >= 0.3 is 0 Å². The van der Waals surface area contributed by atoms with Crippen molar-refractivity contribution in [2.75, 3.05) is 13.1 Å². The van der Waals surface area contributed by atoms with E-state index in [1.54, 1.807) is 0 Å². The molecule has 1 aliphatic rings. The molecule has 1 saturated carbocycles. The van der Waals surface area contributed by atoms with Crippen molar-refractivity contribution < 1.29 is 0 Å². The summed E-state index contributed by atoms with van der Waals surface area (Å²) < 4.78 is 2.14. The summed E-state index contributed by atoms with van der Waals surface area (Å²) in [6.45, 7) is 6.85. The lowest BCUT2D eigenvalue weighted by atomic mass is 9.80. The molecule has 0 saturated heterocycles. The Balaban J connectivity index is 1.91. The highest BCUT2D eigenvalue weighted by Gasteiger charge is 2.40. The highest BCUT2D eigenvalue weighted by molar-refractivity contribution is 4.97. The minimum atomic E-state index is 0.460. The van der Waals surface area contributed by atoms with Crippen molar-refractivity contribution in [2.45, 2.75) is 39.5 Å². The summed E-state index contributed by atoms with van der Waals surface area (Å²) in [5.41, 5.74) is 0.460. The average molecular weight is 235 g/mol. The largest absolute Gasteiger partial charge is 0.338 e. The molecule has 1 aromatic heterocycles. The molecule has 0 spiro atoms. The molecular weight excluding hydrogens is 210 g/mol. The van der Waals surface area contributed by atoms with Gasteiger partial charge in [-0.05, 0) is 37.1 Å². The number of imidazole rings is 1. The third-order valence-corrected chi connectivity index (χ3v) is 4.18. The molecular formula is C14H25N3. The van der Waals surface area contributed by atoms with Gasteiger partial charge in [0.25, 0.3) is 0 Å². The summed E-state index contributed by atoms with van der Waals surface area (Å²) in [5, 5.41) is 3.53. The number of rotatable bonds is 7. The van der Waals surface area contributed by atoms with Crippen LogP contribution in [-0.4, -0.2) is 22.6 Å². The van der Waals surface area contributed by atoms with Crippen molar-refractivity contribution in [1.82, 2.24) is 14.9 Å². The first-order valence-corrected chi connectivity index (χ1v) is 6.82. The van der Waals surface area contributed by atoms with Crippen LogP contribution in [0.5, 0.6) is 0 Å². The van der Waals surface area contributed by atoms with Crippen LogP contribution >= 0.6 is 0 Å². The zero-order valence-electron chi connectivity index (χ0n) is 11.4. The second kappa shape index (κ2) is 5.21. The number of hydrogen-bond acceptors (Lipinski definition) is 2. The number of nitrogens with zero attached hydrogens (tertiary/aromatic N) is 2. The van der Waals surface area contributed by atoms with Gasteiger partial charge in [0.05, 0.1) is 0 Å². The zero-order chi connectivity index (χ0) is 12.3. The SMILES string of the molecule is CCNCC(C)(CCc1nccn1C)C1CC1. The quantitative estimate of drug-likeness (QED) is 0.786. The molecule has 1 atom stereocenters. The van der Waals surface area contributed by atoms with E-state index in [0.29, 0.717) is 5.41 Å². The molecule has 0 aromatic carbocycles. The molecule has 3 heteroatoms. The number of nitrogens with one attached hydrogen (secondary N) is 1. The molecule has 0 radical (unpaired) electrons. The van der Waals surface area contributed by atoms with Crippen molar-refractivity contribution in [2.24, 2.45) is 18.4 Å². The third kappa shape index (κ3) is 3.09. The van der Waals surface area contributed by atoms with E-state index < -0.39 is 0 Å². The first-order chi connectivity index (χ1) is 8.15. The topological polar surface area (TPSA) is 29.9 Å². The Kier molecular flexibility index (Phi) is 3.87. The zero-order valence-corrected chi connectivity index (χ0v) is 11.4. The molecule has 3 nitrogen and oxygen atoms in total. The molecule has 1 fully saturated rings. The van der Waals surface area contributed by atoms with E-state index in [-0.39, 0.29) is 0 Å². The molecule has 1 unspecified atom stereocenters. The standard InChI is InChI=1S/C14H25N3/c1-4-15-11-14(2,12-5-6-12)8-7-13-16-9-10-17(13)3/h9-10,12,15H,4-8,11H2,1-3H3. The van der Waals surface area contributed by atoms with Crippen LogP contribution in [0.4, 0.5) is 0 Å². The van der Waals surface area contributed by atoms with Gasteiger partial charge < -0.3 is 9.88 Å². The van der Waals surface area contributed by atoms with Crippen molar-refractivity contribution >= 4 is 0 Å². The van der Waals surface area contributed by atoms with Gasteiger partial charge in [0.15, 0.2) is 0 Å². The average Bonchev–Trinajstić information content (AvgIpc) is 3.09. The number of hydrogen-bond donors (Lipinski definition) is 1. The van der Waals surface area contributed by atoms with Crippen LogP contribution in [0.2, 0.25) is 0 Å². The van der Waals surface area contributed by atoms with Crippen LogP contribution in [0.1, 0.15) is 38.9 Å². The predicted octanol–water partition coefficient (Wildman–Crippen LogP) is 2.38. The minimum absolute atomic E-state index is 0.460. The molecule has 0 amide bonds. The second-order valence-electron chi connectivity index (χ2n) is 5.66. The van der Waals surface area contributed by atoms with Gasteiger partial charge in [-0.25, -0.2) is 4.98 Å². The Morgan fingerprint density at radius 1 is 1.53 bits per heavy atom. The minimum Gasteiger partial charge on any atom is -0.338 e. The molecule has 17 heavy (non-hydrogen) atoms. The monoisotopic (exact) mass is 235 g/mol. The first-order valence-electron chi connectivity index (χ1n) is 6.82. The van der Waals surface area contributed by atoms with Gasteiger partial charge in [0.2, 0.25) is 0 Å². The fraction of sp³-hybridized carbons (Fsp3) is 0.786. The summed E-state index contributed by atoms with van der Waals surface area (Å²) >= 11 is 0. The fourth-order valence-corrected chi connectivity index (χ4v) is 2.66. The Hall–Kier alpha value is -0.830. The van der Waals surface area contributed by atoms with Crippen LogP contribution in [-0.2, 0) is 13.5 Å². The van der Waals surface area contributed by atoms with Gasteiger partial charge in [-0.15, -0.1) is 0 Å². The second-order valence-corrected chi connectivity index (χ2v) is 5.66. The van der Waals surface area contributed by atoms with Crippen LogP contribution in [0.3, 0.4) is 0 Å². The molecule has 0 aliphatic heterocycles. The van der Waals surface area contributed by atoms with E-state index in [9.17, 15) is 0 Å². The van der Waals surface area contributed by atoms with Gasteiger partial charge in [-0.1, -0.05) is 13.8 Å². The number of aryl methyl sites for hydroxylation is 2. The Labute approximate surface area is 105 Å². The third-order valence-electron chi connectivity index (χ3n) is 4.18. The predicted molar refractivity (Wildman–Crippen MR) is 70.9 cm³/mol. The highest BCUT2D eigenvalue weighted by atomic mass is 15.0. The summed E-state index contributed by atoms with van der Waals surface area (Å²) in [7, 11) is 2.08. The fourth-order valence-electron chi connectivity index (χ4n) is 2.66. The molecule has 1 heterocycles. The summed E-state index contributed by atoms with van der Waals surface area (Å²) in [4.78, 5) is 4.42. The van der Waals surface area contributed by atoms with Gasteiger partial charge in [0, 0.05) is 32.4 Å². The van der Waals surface area contributed by atoms with E-state index in [0.717, 1.165) is 25.4 Å². The van der Waals surface area contributed by atoms with Crippen molar-refractivity contribution in [3.05, 3.63) is 18.2 Å². The molecule has 2 rings (SSSR count). The van der Waals surface area contributed by atoms with Crippen LogP contribution in [0.25, 0.3) is 0 Å². The smallest absolute Gasteiger partial charge is 0.108 e. The lowest BCUT2D eigenvalue weighted by Crippen LogP contribution is -2.34. The summed E-state index contributed by atoms with van der Waals surface area (Å²) in [5.74, 6) is 2.15. The van der Waals surface area contributed by atoms with Crippen LogP contribution in [0.15, 0.2) is 12.4 Å². The molecule has 0 bridgehead atoms. The van der Waals surface area contributed by atoms with Gasteiger partial charge in [-0.2, -0.15) is 0 Å². The summed E-state index contributed by atoms with van der Waals surface area (Å²) in [6.07, 6.45) is 9.12. The van der Waals surface area contributed by atoms with E-state index in [1.807, 2.05) is 12.4 Å². The summed E-state index contributed by atoms with van der Waals surface area (Å²) in [6, 6.07) is 0. The Morgan fingerprint density at radius 2 is 2.29 bits per heavy atom. The van der Waals surface area contributed by atoms with Crippen molar-refractivity contribution in [1.29, 1.82) is 0 Å². The maximum absolute atomic E-state index is 4.42. The van der Waals surface area contributed by atoms with Crippen molar-refractivity contribution in [3.63, 3.8) is 0 Å². The van der Waals surface area contributed by atoms with E-state index in [4.69, 9.17) is 0 Å². The van der Waals surface area contributed by atoms with E-state index in [1.165, 1.54) is 25.1 Å². The normalized spacial score (nSPS) is 19.2. The van der Waals surface area contributed by atoms with E-state index in [2.05, 4.69) is 35.8 Å². The first kappa shape index (κ1) is 12.6. The van der Waals surface area contributed by atoms with E-state index >= 15 is 0 Å². The maximum Gasteiger partial charge on any atom is 0.108 e. The van der Waals surface area contributed by atoms with Crippen LogP contribution in [0, 0.1) is 11.3 Å². The molecule has 1 N–H and O–H groups in total. The van der Waals surface area contributed by atoms with Crippen LogP contribution < -0.4 is 5.32 Å². The Morgan fingerprint density at radius 3 is 2.82 bits per heavy atom.